The minimum Gasteiger partial charge on any atom is -0.508 e. The van der Waals surface area contributed by atoms with Gasteiger partial charge >= 0.3 is 0 Å². The quantitative estimate of drug-likeness (QED) is 0.435. The van der Waals surface area contributed by atoms with Crippen molar-refractivity contribution in [2.45, 2.75) is 24.9 Å². The fourth-order valence-corrected chi connectivity index (χ4v) is 5.10. The molecule has 1 heterocycles. The molecule has 0 radical (unpaired) electrons. The first-order valence-electron chi connectivity index (χ1n) is 9.35. The number of carbonyl (C=O) groups excluding carboxylic acids is 3. The summed E-state index contributed by atoms with van der Waals surface area (Å²) in [6, 6.07) is 3.39. The van der Waals surface area contributed by atoms with Crippen LogP contribution in [0.4, 0.5) is 0 Å². The minimum atomic E-state index is -2.56. The summed E-state index contributed by atoms with van der Waals surface area (Å²) >= 11 is 0. The molecule has 0 spiro atoms. The number of amides is 1. The van der Waals surface area contributed by atoms with Crippen molar-refractivity contribution in [1.82, 2.24) is 0 Å². The van der Waals surface area contributed by atoms with Crippen molar-refractivity contribution in [2.24, 2.45) is 17.6 Å². The van der Waals surface area contributed by atoms with Gasteiger partial charge < -0.3 is 30.6 Å². The van der Waals surface area contributed by atoms with Crippen LogP contribution in [0.25, 0.3) is 16.7 Å². The van der Waals surface area contributed by atoms with E-state index in [-0.39, 0.29) is 41.7 Å². The molecule has 0 saturated heterocycles. The van der Waals surface area contributed by atoms with Crippen molar-refractivity contribution >= 4 is 34.2 Å². The van der Waals surface area contributed by atoms with Crippen LogP contribution in [-0.4, -0.2) is 43.5 Å². The molecule has 0 bridgehead atoms. The Labute approximate surface area is 168 Å². The van der Waals surface area contributed by atoms with Gasteiger partial charge in [-0.3, -0.25) is 14.4 Å². The highest BCUT2D eigenvalue weighted by Gasteiger charge is 2.60. The maximum atomic E-state index is 13.3. The van der Waals surface area contributed by atoms with E-state index in [1.165, 1.54) is 6.26 Å². The zero-order chi connectivity index (χ0) is 21.5. The van der Waals surface area contributed by atoms with Gasteiger partial charge in [0.15, 0.2) is 22.7 Å². The number of nitrogens with two attached hydrogens (primary N) is 1. The van der Waals surface area contributed by atoms with E-state index in [1.54, 1.807) is 12.1 Å². The van der Waals surface area contributed by atoms with Gasteiger partial charge in [0, 0.05) is 23.3 Å². The van der Waals surface area contributed by atoms with Crippen LogP contribution < -0.4 is 5.73 Å². The summed E-state index contributed by atoms with van der Waals surface area (Å²) in [5, 5.41) is 43.8. The molecule has 3 aliphatic rings. The molecule has 1 amide bonds. The minimum absolute atomic E-state index is 0.0181. The van der Waals surface area contributed by atoms with Crippen LogP contribution in [-0.2, 0) is 20.8 Å². The van der Waals surface area contributed by atoms with Gasteiger partial charge in [-0.1, -0.05) is 0 Å². The fourth-order valence-electron chi connectivity index (χ4n) is 5.10. The Morgan fingerprint density at radius 3 is 2.63 bits per heavy atom. The molecule has 1 aromatic heterocycles. The molecule has 30 heavy (non-hydrogen) atoms. The van der Waals surface area contributed by atoms with Crippen molar-refractivity contribution < 1.29 is 39.2 Å². The number of phenols is 1. The molecule has 6 N–H and O–H groups in total. The molecule has 1 fully saturated rings. The zero-order valence-corrected chi connectivity index (χ0v) is 15.5. The molecule has 9 heteroatoms. The summed E-state index contributed by atoms with van der Waals surface area (Å²) in [6.45, 7) is 0. The highest BCUT2D eigenvalue weighted by Crippen LogP contribution is 2.52. The van der Waals surface area contributed by atoms with Crippen molar-refractivity contribution in [1.29, 1.82) is 0 Å². The van der Waals surface area contributed by atoms with Gasteiger partial charge in [0.05, 0.1) is 11.8 Å². The monoisotopic (exact) mass is 411 g/mol. The summed E-state index contributed by atoms with van der Waals surface area (Å²) < 4.78 is 5.25. The third kappa shape index (κ3) is 2.07. The van der Waals surface area contributed by atoms with Crippen molar-refractivity contribution in [2.75, 3.05) is 0 Å². The number of primary amides is 1. The number of fused-ring (bicyclic) bond motifs is 4. The van der Waals surface area contributed by atoms with Crippen LogP contribution in [0, 0.1) is 11.8 Å². The number of hydrogen-bond acceptors (Lipinski definition) is 8. The highest BCUT2D eigenvalue weighted by molar-refractivity contribution is 6.22. The fraction of sp³-hybridized carbons (Fsp3) is 0.286. The molecule has 9 nitrogen and oxygen atoms in total. The number of Topliss-reactive ketones (excluding diaryl/α,β-unsaturated/α-hetero) is 2. The number of phenolic OH excluding ortho intramolecular Hbond substituents is 1. The molecule has 0 aliphatic heterocycles. The van der Waals surface area contributed by atoms with Crippen LogP contribution >= 0.6 is 0 Å². The number of carbonyl (C=O) groups is 3. The molecule has 3 aliphatic carbocycles. The predicted octanol–water partition coefficient (Wildman–Crippen LogP) is 1.17. The van der Waals surface area contributed by atoms with Gasteiger partial charge in [-0.25, -0.2) is 0 Å². The van der Waals surface area contributed by atoms with Crippen molar-refractivity contribution in [3.63, 3.8) is 0 Å². The molecular formula is C21H17NO8. The Balaban J connectivity index is 1.74. The van der Waals surface area contributed by atoms with Gasteiger partial charge in [-0.2, -0.15) is 0 Å². The van der Waals surface area contributed by atoms with Crippen molar-refractivity contribution in [3.05, 3.63) is 46.4 Å². The maximum absolute atomic E-state index is 13.3. The van der Waals surface area contributed by atoms with E-state index in [1.807, 2.05) is 0 Å². The summed E-state index contributed by atoms with van der Waals surface area (Å²) in [6.07, 6.45) is 1.42. The lowest BCUT2D eigenvalue weighted by Crippen LogP contribution is -2.58. The number of aliphatic hydroxyl groups excluding tert-OH is 2. The molecular weight excluding hydrogens is 394 g/mol. The Kier molecular flexibility index (Phi) is 3.52. The van der Waals surface area contributed by atoms with E-state index in [4.69, 9.17) is 10.2 Å². The molecule has 154 valence electrons. The molecule has 1 aromatic carbocycles. The first kappa shape index (κ1) is 18.4. The van der Waals surface area contributed by atoms with Gasteiger partial charge in [-0.15, -0.1) is 0 Å². The topological polar surface area (TPSA) is 171 Å². The number of rotatable bonds is 1. The first-order valence-corrected chi connectivity index (χ1v) is 9.35. The van der Waals surface area contributed by atoms with Crippen LogP contribution in [0.15, 0.2) is 39.7 Å². The number of aromatic hydroxyl groups is 1. The van der Waals surface area contributed by atoms with Crippen LogP contribution in [0.2, 0.25) is 0 Å². The second-order valence-electron chi connectivity index (χ2n) is 8.00. The van der Waals surface area contributed by atoms with E-state index < -0.39 is 52.0 Å². The van der Waals surface area contributed by atoms with E-state index in [0.29, 0.717) is 10.9 Å². The third-order valence-corrected chi connectivity index (χ3v) is 6.47. The Morgan fingerprint density at radius 1 is 1.20 bits per heavy atom. The summed E-state index contributed by atoms with van der Waals surface area (Å²) in [5.41, 5.74) is 2.36. The van der Waals surface area contributed by atoms with Gasteiger partial charge in [0.2, 0.25) is 5.78 Å². The lowest BCUT2D eigenvalue weighted by molar-refractivity contribution is -0.147. The molecule has 2 aromatic rings. The van der Waals surface area contributed by atoms with Crippen LogP contribution in [0.1, 0.15) is 24.0 Å². The van der Waals surface area contributed by atoms with E-state index in [0.717, 1.165) is 0 Å². The van der Waals surface area contributed by atoms with E-state index in [2.05, 4.69) is 0 Å². The summed E-state index contributed by atoms with van der Waals surface area (Å²) in [4.78, 5) is 37.2. The Bertz CT molecular complexity index is 1250. The number of furan rings is 1. The Hall–Kier alpha value is -3.59. The Morgan fingerprint density at radius 2 is 1.93 bits per heavy atom. The number of ketones is 2. The summed E-state index contributed by atoms with van der Waals surface area (Å²) in [5.74, 6) is -6.48. The second-order valence-corrected chi connectivity index (χ2v) is 8.00. The zero-order valence-electron chi connectivity index (χ0n) is 15.5. The van der Waals surface area contributed by atoms with E-state index >= 15 is 0 Å². The smallest absolute Gasteiger partial charge is 0.255 e. The molecule has 1 unspecified atom stereocenters. The average Bonchev–Trinajstić information content (AvgIpc) is 3.13. The van der Waals surface area contributed by atoms with Gasteiger partial charge in [0.1, 0.15) is 17.1 Å². The number of benzene rings is 1. The van der Waals surface area contributed by atoms with Crippen LogP contribution in [0.5, 0.6) is 5.75 Å². The van der Waals surface area contributed by atoms with Gasteiger partial charge in [0.25, 0.3) is 5.91 Å². The highest BCUT2D eigenvalue weighted by atomic mass is 16.4. The maximum Gasteiger partial charge on any atom is 0.255 e. The second kappa shape index (κ2) is 5.73. The van der Waals surface area contributed by atoms with E-state index in [9.17, 15) is 34.8 Å². The van der Waals surface area contributed by atoms with Gasteiger partial charge in [-0.05, 0) is 36.5 Å². The largest absolute Gasteiger partial charge is 0.508 e. The first-order chi connectivity index (χ1) is 14.2. The average molecular weight is 411 g/mol. The lowest BCUT2D eigenvalue weighted by atomic mass is 9.59. The predicted molar refractivity (Wildman–Crippen MR) is 101 cm³/mol. The third-order valence-electron chi connectivity index (χ3n) is 6.47. The van der Waals surface area contributed by atoms with Crippen LogP contribution in [0.3, 0.4) is 0 Å². The standard InChI is InChI=1S/C21H17NO8/c22-20(28)14-11(23)6-10-5-9-4-8-3-7-1-2-30-17(7)16(25)12(8)15(24)13(9)18(26)21(10,29)19(14)27/h1-3,9-10,24-25,27,29H,4-6H2,(H2,22,28)/t9?,10-,21-/m0/s1. The normalized spacial score (nSPS) is 28.4. The molecule has 3 atom stereocenters. The summed E-state index contributed by atoms with van der Waals surface area (Å²) in [7, 11) is 0. The number of hydrogen-bond donors (Lipinski definition) is 5. The SMILES string of the molecule is NC(=O)C1=C(O)[C@@]2(O)C(=O)C3=C(O)c4c(cc5ccoc5c4O)CC3C[C@H]2CC1=O. The van der Waals surface area contributed by atoms with Crippen molar-refractivity contribution in [3.8, 4) is 5.75 Å². The molecule has 5 rings (SSSR count). The lowest BCUT2D eigenvalue weighted by Gasteiger charge is -2.46. The molecule has 1 saturated carbocycles. The number of aliphatic hydroxyl groups is 3.